The van der Waals surface area contributed by atoms with Gasteiger partial charge in [-0.3, -0.25) is 0 Å². The van der Waals surface area contributed by atoms with Gasteiger partial charge in [0.1, 0.15) is 0 Å². The summed E-state index contributed by atoms with van der Waals surface area (Å²) in [5.41, 5.74) is -0.444. The Morgan fingerprint density at radius 2 is 2.00 bits per heavy atom. The summed E-state index contributed by atoms with van der Waals surface area (Å²) in [7, 11) is 0. The highest BCUT2D eigenvalue weighted by molar-refractivity contribution is 5.04. The molecule has 1 aliphatic rings. The third kappa shape index (κ3) is 2.45. The van der Waals surface area contributed by atoms with Crippen molar-refractivity contribution in [1.29, 1.82) is 5.26 Å². The van der Waals surface area contributed by atoms with Crippen molar-refractivity contribution in [3.8, 4) is 6.07 Å². The maximum Gasteiger partial charge on any atom is 0.154 e. The van der Waals surface area contributed by atoms with Gasteiger partial charge in [-0.25, -0.2) is 0 Å². The molecule has 0 aromatic carbocycles. The minimum Gasteiger partial charge on any atom is -0.360 e. The first kappa shape index (κ1) is 10.5. The fourth-order valence-corrected chi connectivity index (χ4v) is 2.12. The largest absolute Gasteiger partial charge is 0.360 e. The van der Waals surface area contributed by atoms with E-state index < -0.39 is 5.60 Å². The zero-order valence-corrected chi connectivity index (χ0v) is 8.68. The van der Waals surface area contributed by atoms with Crippen molar-refractivity contribution in [2.75, 3.05) is 6.61 Å². The third-order valence-corrected chi connectivity index (χ3v) is 3.11. The molecular weight excluding hydrogens is 162 g/mol. The molecule has 2 nitrogen and oxygen atoms in total. The molecule has 0 spiro atoms. The number of nitriles is 1. The molecule has 1 fully saturated rings. The molecule has 74 valence electrons. The molecule has 0 amide bonds. The maximum absolute atomic E-state index is 9.06. The predicted octanol–water partition coefficient (Wildman–Crippen LogP) is 2.89. The molecule has 0 N–H and O–H groups in total. The lowest BCUT2D eigenvalue weighted by Crippen LogP contribution is -2.35. The van der Waals surface area contributed by atoms with E-state index in [9.17, 15) is 0 Å². The first-order valence-electron chi connectivity index (χ1n) is 5.31. The number of nitrogens with zero attached hydrogens (tertiary/aromatic N) is 1. The fourth-order valence-electron chi connectivity index (χ4n) is 2.12. The van der Waals surface area contributed by atoms with Crippen LogP contribution in [-0.2, 0) is 4.74 Å². The van der Waals surface area contributed by atoms with Crippen molar-refractivity contribution in [1.82, 2.24) is 0 Å². The molecule has 2 heteroatoms. The van der Waals surface area contributed by atoms with E-state index in [4.69, 9.17) is 10.00 Å². The van der Waals surface area contributed by atoms with Gasteiger partial charge in [-0.05, 0) is 38.5 Å². The number of rotatable bonds is 3. The van der Waals surface area contributed by atoms with Gasteiger partial charge in [-0.2, -0.15) is 5.26 Å². The highest BCUT2D eigenvalue weighted by Gasteiger charge is 2.35. The molecule has 1 aliphatic carbocycles. The SMILES string of the molecule is CCOC1(C#N)CCC(CC)CC1. The Balaban J connectivity index is 2.49. The van der Waals surface area contributed by atoms with Gasteiger partial charge in [0.25, 0.3) is 0 Å². The molecule has 0 radical (unpaired) electrons. The van der Waals surface area contributed by atoms with Crippen LogP contribution < -0.4 is 0 Å². The van der Waals surface area contributed by atoms with Crippen LogP contribution in [0.25, 0.3) is 0 Å². The lowest BCUT2D eigenvalue weighted by Gasteiger charge is -2.34. The summed E-state index contributed by atoms with van der Waals surface area (Å²) in [6.45, 7) is 4.85. The van der Waals surface area contributed by atoms with Crippen molar-refractivity contribution in [2.24, 2.45) is 5.92 Å². The van der Waals surface area contributed by atoms with E-state index >= 15 is 0 Å². The lowest BCUT2D eigenvalue weighted by molar-refractivity contribution is -0.0305. The molecule has 0 aliphatic heterocycles. The van der Waals surface area contributed by atoms with E-state index in [0.717, 1.165) is 31.6 Å². The minimum absolute atomic E-state index is 0.444. The van der Waals surface area contributed by atoms with Gasteiger partial charge in [-0.15, -0.1) is 0 Å². The predicted molar refractivity (Wildman–Crippen MR) is 52.2 cm³/mol. The zero-order chi connectivity index (χ0) is 9.73. The summed E-state index contributed by atoms with van der Waals surface area (Å²) in [6, 6.07) is 2.34. The van der Waals surface area contributed by atoms with E-state index in [1.54, 1.807) is 0 Å². The normalized spacial score (nSPS) is 34.1. The van der Waals surface area contributed by atoms with E-state index in [1.165, 1.54) is 6.42 Å². The topological polar surface area (TPSA) is 33.0 Å². The first-order chi connectivity index (χ1) is 6.26. The van der Waals surface area contributed by atoms with E-state index in [2.05, 4.69) is 13.0 Å². The molecule has 0 bridgehead atoms. The Hall–Kier alpha value is -0.550. The van der Waals surface area contributed by atoms with Gasteiger partial charge >= 0.3 is 0 Å². The summed E-state index contributed by atoms with van der Waals surface area (Å²) in [5.74, 6) is 0.821. The molecular formula is C11H19NO. The number of ether oxygens (including phenoxy) is 1. The van der Waals surface area contributed by atoms with E-state index in [1.807, 2.05) is 6.92 Å². The maximum atomic E-state index is 9.06. The first-order valence-corrected chi connectivity index (χ1v) is 5.31. The van der Waals surface area contributed by atoms with Gasteiger partial charge < -0.3 is 4.74 Å². The lowest BCUT2D eigenvalue weighted by atomic mass is 9.78. The quantitative estimate of drug-likeness (QED) is 0.670. The van der Waals surface area contributed by atoms with Crippen LogP contribution in [0.3, 0.4) is 0 Å². The van der Waals surface area contributed by atoms with Crippen LogP contribution >= 0.6 is 0 Å². The zero-order valence-electron chi connectivity index (χ0n) is 8.68. The van der Waals surface area contributed by atoms with Crippen molar-refractivity contribution in [3.05, 3.63) is 0 Å². The fraction of sp³-hybridized carbons (Fsp3) is 0.909. The van der Waals surface area contributed by atoms with Crippen LogP contribution in [0.15, 0.2) is 0 Å². The van der Waals surface area contributed by atoms with E-state index in [0.29, 0.717) is 6.61 Å². The molecule has 1 saturated carbocycles. The number of hydrogen-bond acceptors (Lipinski definition) is 2. The molecule has 0 aromatic rings. The second-order valence-corrected chi connectivity index (χ2v) is 3.89. The second kappa shape index (κ2) is 4.62. The molecule has 0 saturated heterocycles. The van der Waals surface area contributed by atoms with Gasteiger partial charge in [-0.1, -0.05) is 13.3 Å². The van der Waals surface area contributed by atoms with Gasteiger partial charge in [0, 0.05) is 6.61 Å². The van der Waals surface area contributed by atoms with Crippen molar-refractivity contribution in [2.45, 2.75) is 51.6 Å². The average Bonchev–Trinajstić information content (AvgIpc) is 2.19. The molecule has 0 aromatic heterocycles. The summed E-state index contributed by atoms with van der Waals surface area (Å²) in [6.07, 6.45) is 5.41. The molecule has 0 unspecified atom stereocenters. The van der Waals surface area contributed by atoms with Crippen LogP contribution in [0.4, 0.5) is 0 Å². The smallest absolute Gasteiger partial charge is 0.154 e. The van der Waals surface area contributed by atoms with Crippen LogP contribution in [0.2, 0.25) is 0 Å². The Morgan fingerprint density at radius 3 is 2.38 bits per heavy atom. The standard InChI is InChI=1S/C11H19NO/c1-3-10-5-7-11(9-12,8-6-10)13-4-2/h10H,3-8H2,1-2H3. The minimum atomic E-state index is -0.444. The van der Waals surface area contributed by atoms with Gasteiger partial charge in [0.2, 0.25) is 0 Å². The van der Waals surface area contributed by atoms with Gasteiger partial charge in [0.05, 0.1) is 6.07 Å². The molecule has 13 heavy (non-hydrogen) atoms. The Bertz CT molecular complexity index is 187. The third-order valence-electron chi connectivity index (χ3n) is 3.11. The summed E-state index contributed by atoms with van der Waals surface area (Å²) < 4.78 is 5.55. The van der Waals surface area contributed by atoms with Crippen molar-refractivity contribution >= 4 is 0 Å². The summed E-state index contributed by atoms with van der Waals surface area (Å²) in [4.78, 5) is 0. The Labute approximate surface area is 80.9 Å². The molecule has 0 atom stereocenters. The van der Waals surface area contributed by atoms with Gasteiger partial charge in [0.15, 0.2) is 5.60 Å². The van der Waals surface area contributed by atoms with Crippen LogP contribution in [0.1, 0.15) is 46.0 Å². The van der Waals surface area contributed by atoms with Crippen LogP contribution in [-0.4, -0.2) is 12.2 Å². The highest BCUT2D eigenvalue weighted by Crippen LogP contribution is 2.35. The van der Waals surface area contributed by atoms with Crippen molar-refractivity contribution in [3.63, 3.8) is 0 Å². The number of hydrogen-bond donors (Lipinski definition) is 0. The average molecular weight is 181 g/mol. The Morgan fingerprint density at radius 1 is 1.38 bits per heavy atom. The van der Waals surface area contributed by atoms with Crippen LogP contribution in [0.5, 0.6) is 0 Å². The Kier molecular flexibility index (Phi) is 3.74. The monoisotopic (exact) mass is 181 g/mol. The summed E-state index contributed by atoms with van der Waals surface area (Å²) >= 11 is 0. The second-order valence-electron chi connectivity index (χ2n) is 3.89. The molecule has 1 rings (SSSR count). The van der Waals surface area contributed by atoms with Crippen LogP contribution in [0, 0.1) is 17.2 Å². The van der Waals surface area contributed by atoms with Crippen molar-refractivity contribution < 1.29 is 4.74 Å². The highest BCUT2D eigenvalue weighted by atomic mass is 16.5. The molecule has 0 heterocycles. The summed E-state index contributed by atoms with van der Waals surface area (Å²) in [5, 5.41) is 9.06. The van der Waals surface area contributed by atoms with E-state index in [-0.39, 0.29) is 0 Å².